The zero-order valence-corrected chi connectivity index (χ0v) is 16.7. The molecule has 5 rings (SSSR count). The van der Waals surface area contributed by atoms with Gasteiger partial charge in [-0.15, -0.1) is 0 Å². The predicted octanol–water partition coefficient (Wildman–Crippen LogP) is 4.21. The van der Waals surface area contributed by atoms with E-state index in [2.05, 4.69) is 51.8 Å². The number of rotatable bonds is 5. The summed E-state index contributed by atoms with van der Waals surface area (Å²) >= 11 is 0. The van der Waals surface area contributed by atoms with E-state index in [1.807, 2.05) is 6.07 Å². The van der Waals surface area contributed by atoms with Crippen LogP contribution < -0.4 is 5.32 Å². The first-order chi connectivity index (χ1) is 14.2. The number of piperidine rings is 1. The summed E-state index contributed by atoms with van der Waals surface area (Å²) < 4.78 is 5.58. The number of aryl methyl sites for hydroxylation is 1. The first-order valence-corrected chi connectivity index (χ1v) is 10.7. The van der Waals surface area contributed by atoms with Gasteiger partial charge >= 0.3 is 0 Å². The summed E-state index contributed by atoms with van der Waals surface area (Å²) in [5.41, 5.74) is 5.32. The molecular formula is C24H27N3O2. The van der Waals surface area contributed by atoms with Crippen LogP contribution in [-0.4, -0.2) is 35.5 Å². The Hall–Kier alpha value is -2.66. The molecule has 29 heavy (non-hydrogen) atoms. The van der Waals surface area contributed by atoms with Gasteiger partial charge in [0.2, 0.25) is 0 Å². The second kappa shape index (κ2) is 7.99. The van der Waals surface area contributed by atoms with Gasteiger partial charge in [-0.1, -0.05) is 35.5 Å². The number of fused-ring (bicyclic) bond motifs is 2. The molecule has 150 valence electrons. The molecule has 2 aliphatic heterocycles. The number of hydrogen-bond donors (Lipinski definition) is 1. The molecule has 0 bridgehead atoms. The Labute approximate surface area is 171 Å². The lowest BCUT2D eigenvalue weighted by Gasteiger charge is -2.32. The Balaban J connectivity index is 1.18. The number of Topliss-reactive ketones (excluding diaryl/α,β-unsaturated/α-hetero) is 1. The fourth-order valence-corrected chi connectivity index (χ4v) is 4.65. The molecule has 3 heterocycles. The highest BCUT2D eigenvalue weighted by atomic mass is 16.5. The molecule has 1 fully saturated rings. The second-order valence-corrected chi connectivity index (χ2v) is 8.45. The van der Waals surface area contributed by atoms with Gasteiger partial charge in [0.05, 0.1) is 12.2 Å². The van der Waals surface area contributed by atoms with Crippen molar-refractivity contribution in [2.75, 3.05) is 25.0 Å². The average molecular weight is 389 g/mol. The third-order valence-electron chi connectivity index (χ3n) is 6.38. The number of nitrogens with zero attached hydrogens (tertiary/aromatic N) is 2. The lowest BCUT2D eigenvalue weighted by Crippen LogP contribution is -2.33. The van der Waals surface area contributed by atoms with Crippen molar-refractivity contribution in [1.82, 2.24) is 10.1 Å². The minimum Gasteiger partial charge on any atom is -0.378 e. The quantitative estimate of drug-likeness (QED) is 0.708. The van der Waals surface area contributed by atoms with Gasteiger partial charge in [-0.25, -0.2) is 0 Å². The zero-order chi connectivity index (χ0) is 19.6. The van der Waals surface area contributed by atoms with Crippen molar-refractivity contribution in [2.24, 2.45) is 5.92 Å². The average Bonchev–Trinajstić information content (AvgIpc) is 3.14. The van der Waals surface area contributed by atoms with Crippen molar-refractivity contribution in [2.45, 2.75) is 38.6 Å². The van der Waals surface area contributed by atoms with Gasteiger partial charge in [-0.2, -0.15) is 0 Å². The summed E-state index contributed by atoms with van der Waals surface area (Å²) in [6.45, 7) is 3.79. The monoisotopic (exact) mass is 389 g/mol. The molecule has 0 amide bonds. The number of likely N-dealkylation sites (tertiary alicyclic amines) is 1. The molecule has 0 aliphatic carbocycles. The molecule has 0 unspecified atom stereocenters. The van der Waals surface area contributed by atoms with Gasteiger partial charge in [0, 0.05) is 30.1 Å². The van der Waals surface area contributed by atoms with Crippen LogP contribution in [0, 0.1) is 5.92 Å². The van der Waals surface area contributed by atoms with Gasteiger partial charge in [0.15, 0.2) is 11.4 Å². The Morgan fingerprint density at radius 1 is 1.14 bits per heavy atom. The van der Waals surface area contributed by atoms with E-state index in [0.717, 1.165) is 53.2 Å². The molecule has 0 radical (unpaired) electrons. The number of carbonyl (C=O) groups is 1. The van der Waals surface area contributed by atoms with E-state index in [1.165, 1.54) is 31.5 Å². The Bertz CT molecular complexity index is 1000. The van der Waals surface area contributed by atoms with E-state index in [0.29, 0.717) is 13.0 Å². The van der Waals surface area contributed by atoms with Crippen LogP contribution in [0.2, 0.25) is 0 Å². The van der Waals surface area contributed by atoms with Gasteiger partial charge in [-0.05, 0) is 61.9 Å². The van der Waals surface area contributed by atoms with Crippen LogP contribution in [0.1, 0.15) is 36.1 Å². The van der Waals surface area contributed by atoms with Crippen molar-refractivity contribution in [1.29, 1.82) is 0 Å². The topological polar surface area (TPSA) is 58.4 Å². The highest BCUT2D eigenvalue weighted by molar-refractivity contribution is 5.93. The molecule has 1 saturated heterocycles. The van der Waals surface area contributed by atoms with Crippen molar-refractivity contribution in [3.05, 3.63) is 59.3 Å². The van der Waals surface area contributed by atoms with Crippen LogP contribution in [0.5, 0.6) is 0 Å². The fraction of sp³-hybridized carbons (Fsp3) is 0.417. The van der Waals surface area contributed by atoms with Crippen molar-refractivity contribution >= 4 is 22.4 Å². The van der Waals surface area contributed by atoms with Crippen LogP contribution in [0.15, 0.2) is 47.0 Å². The molecule has 2 aliphatic rings. The van der Waals surface area contributed by atoms with E-state index in [1.54, 1.807) is 0 Å². The van der Waals surface area contributed by atoms with Crippen molar-refractivity contribution in [3.63, 3.8) is 0 Å². The third-order valence-corrected chi connectivity index (χ3v) is 6.38. The maximum absolute atomic E-state index is 11.8. The highest BCUT2D eigenvalue weighted by Gasteiger charge is 2.22. The van der Waals surface area contributed by atoms with E-state index < -0.39 is 0 Å². The fourth-order valence-electron chi connectivity index (χ4n) is 4.65. The zero-order valence-electron chi connectivity index (χ0n) is 16.7. The number of nitrogens with one attached hydrogen (secondary N) is 1. The van der Waals surface area contributed by atoms with Gasteiger partial charge in [-0.3, -0.25) is 9.69 Å². The number of anilines is 1. The number of hydrogen-bond acceptors (Lipinski definition) is 5. The molecule has 0 saturated carbocycles. The Morgan fingerprint density at radius 2 is 1.97 bits per heavy atom. The lowest BCUT2D eigenvalue weighted by molar-refractivity contribution is -0.117. The third kappa shape index (κ3) is 4.06. The van der Waals surface area contributed by atoms with E-state index in [9.17, 15) is 4.79 Å². The number of benzene rings is 2. The van der Waals surface area contributed by atoms with Crippen molar-refractivity contribution in [3.8, 4) is 0 Å². The molecule has 0 spiro atoms. The summed E-state index contributed by atoms with van der Waals surface area (Å²) in [5, 5.41) is 8.59. The van der Waals surface area contributed by atoms with Crippen LogP contribution in [0.25, 0.3) is 11.0 Å². The SMILES string of the molecule is O=C1CNc2cc3onc(CCC4CCN(Cc5ccccc5)CC4)c3cc2C1. The maximum Gasteiger partial charge on any atom is 0.169 e. The molecule has 1 aromatic heterocycles. The van der Waals surface area contributed by atoms with Gasteiger partial charge in [0.25, 0.3) is 0 Å². The summed E-state index contributed by atoms with van der Waals surface area (Å²) in [4.78, 5) is 14.3. The van der Waals surface area contributed by atoms with Crippen LogP contribution >= 0.6 is 0 Å². The molecule has 2 aromatic carbocycles. The standard InChI is InChI=1S/C24H27N3O2/c28-20-12-19-13-21-22(26-29-24(21)14-23(19)25-15-20)7-6-17-8-10-27(11-9-17)16-18-4-2-1-3-5-18/h1-5,13-14,17,25H,6-12,15-16H2. The highest BCUT2D eigenvalue weighted by Crippen LogP contribution is 2.31. The molecule has 5 nitrogen and oxygen atoms in total. The number of carbonyl (C=O) groups excluding carboxylic acids is 1. The van der Waals surface area contributed by atoms with Crippen LogP contribution in [0.3, 0.4) is 0 Å². The first-order valence-electron chi connectivity index (χ1n) is 10.7. The minimum absolute atomic E-state index is 0.233. The molecule has 5 heteroatoms. The second-order valence-electron chi connectivity index (χ2n) is 8.45. The molecule has 3 aromatic rings. The van der Waals surface area contributed by atoms with E-state index in [-0.39, 0.29) is 5.78 Å². The van der Waals surface area contributed by atoms with Crippen LogP contribution in [-0.2, 0) is 24.2 Å². The number of aromatic nitrogens is 1. The summed E-state index contributed by atoms with van der Waals surface area (Å²) in [6, 6.07) is 14.8. The van der Waals surface area contributed by atoms with Crippen LogP contribution in [0.4, 0.5) is 5.69 Å². The summed E-state index contributed by atoms with van der Waals surface area (Å²) in [7, 11) is 0. The number of ketones is 1. The maximum atomic E-state index is 11.8. The summed E-state index contributed by atoms with van der Waals surface area (Å²) in [6.07, 6.45) is 5.08. The van der Waals surface area contributed by atoms with Gasteiger partial charge < -0.3 is 9.84 Å². The lowest BCUT2D eigenvalue weighted by atomic mass is 9.90. The minimum atomic E-state index is 0.233. The van der Waals surface area contributed by atoms with E-state index >= 15 is 0 Å². The first kappa shape index (κ1) is 18.4. The Kier molecular flexibility index (Phi) is 5.06. The predicted molar refractivity (Wildman–Crippen MR) is 114 cm³/mol. The molecule has 1 N–H and O–H groups in total. The van der Waals surface area contributed by atoms with Gasteiger partial charge in [0.1, 0.15) is 0 Å². The van der Waals surface area contributed by atoms with Crippen molar-refractivity contribution < 1.29 is 9.32 Å². The Morgan fingerprint density at radius 3 is 2.79 bits per heavy atom. The molecular weight excluding hydrogens is 362 g/mol. The molecule has 0 atom stereocenters. The largest absolute Gasteiger partial charge is 0.378 e. The normalized spacial score (nSPS) is 18.0. The smallest absolute Gasteiger partial charge is 0.169 e. The van der Waals surface area contributed by atoms with E-state index in [4.69, 9.17) is 4.52 Å². The summed E-state index contributed by atoms with van der Waals surface area (Å²) in [5.74, 6) is 0.978.